The van der Waals surface area contributed by atoms with E-state index in [0.717, 1.165) is 10.4 Å². The van der Waals surface area contributed by atoms with E-state index in [-0.39, 0.29) is 15.8 Å². The fraction of sp³-hybridized carbons (Fsp3) is 0.500. The van der Waals surface area contributed by atoms with Crippen LogP contribution in [0.4, 0.5) is 0 Å². The van der Waals surface area contributed by atoms with Gasteiger partial charge in [-0.05, 0) is 36.2 Å². The van der Waals surface area contributed by atoms with Gasteiger partial charge in [-0.25, -0.2) is 0 Å². The number of thioether (sulfide) groups is 1. The number of hydrogen-bond acceptors (Lipinski definition) is 6. The normalized spacial score (nSPS) is 14.8. The molecule has 0 fully saturated rings. The Balaban J connectivity index is 2.37. The monoisotopic (exact) mass is 496 g/mol. The van der Waals surface area contributed by atoms with E-state index in [4.69, 9.17) is 13.5 Å². The minimum atomic E-state index is -3.21. The third-order valence-electron chi connectivity index (χ3n) is 5.26. The first kappa shape index (κ1) is 27.3. The van der Waals surface area contributed by atoms with Crippen LogP contribution in [-0.2, 0) is 18.0 Å². The molecule has 0 saturated heterocycles. The number of aliphatic hydroxyl groups is 1. The van der Waals surface area contributed by atoms with Gasteiger partial charge in [-0.15, -0.1) is 11.8 Å². The van der Waals surface area contributed by atoms with Crippen molar-refractivity contribution >= 4 is 38.0 Å². The lowest BCUT2D eigenvalue weighted by Gasteiger charge is -2.44. The van der Waals surface area contributed by atoms with E-state index in [9.17, 15) is 9.67 Å². The third-order valence-corrected chi connectivity index (χ3v) is 14.2. The average molecular weight is 497 g/mol. The molecule has 8 heteroatoms. The van der Waals surface area contributed by atoms with Crippen molar-refractivity contribution in [2.75, 3.05) is 18.7 Å². The highest BCUT2D eigenvalue weighted by atomic mass is 32.2. The summed E-state index contributed by atoms with van der Waals surface area (Å²) in [6, 6.07) is 20.4. The van der Waals surface area contributed by atoms with Crippen LogP contribution in [0.1, 0.15) is 41.5 Å². The van der Waals surface area contributed by atoms with Crippen LogP contribution in [0.5, 0.6) is 0 Å². The Morgan fingerprint density at radius 1 is 0.938 bits per heavy atom. The predicted molar refractivity (Wildman–Crippen MR) is 137 cm³/mol. The van der Waals surface area contributed by atoms with Gasteiger partial charge in [-0.1, -0.05) is 81.4 Å². The van der Waals surface area contributed by atoms with Crippen molar-refractivity contribution in [2.45, 2.75) is 58.1 Å². The highest BCUT2D eigenvalue weighted by Crippen LogP contribution is 2.51. The summed E-state index contributed by atoms with van der Waals surface area (Å²) in [6.45, 7) is 12.6. The number of benzene rings is 2. The van der Waals surface area contributed by atoms with Gasteiger partial charge in [-0.2, -0.15) is 0 Å². The van der Waals surface area contributed by atoms with Gasteiger partial charge in [0.05, 0.1) is 24.0 Å². The Morgan fingerprint density at radius 2 is 1.38 bits per heavy atom. The molecule has 0 bridgehead atoms. The molecule has 0 heterocycles. The molecule has 5 nitrogen and oxygen atoms in total. The van der Waals surface area contributed by atoms with Crippen molar-refractivity contribution in [1.82, 2.24) is 0 Å². The molecule has 0 aliphatic heterocycles. The van der Waals surface area contributed by atoms with Crippen LogP contribution < -0.4 is 10.4 Å². The van der Waals surface area contributed by atoms with Gasteiger partial charge >= 0.3 is 7.60 Å². The van der Waals surface area contributed by atoms with Crippen LogP contribution in [0.15, 0.2) is 60.7 Å². The van der Waals surface area contributed by atoms with E-state index in [2.05, 4.69) is 45.0 Å². The molecule has 1 N–H and O–H groups in total. The topological polar surface area (TPSA) is 65.0 Å². The quantitative estimate of drug-likeness (QED) is 0.247. The summed E-state index contributed by atoms with van der Waals surface area (Å²) >= 11 is 1.35. The first-order valence-corrected chi connectivity index (χ1v) is 15.7. The molecule has 2 atom stereocenters. The zero-order valence-corrected chi connectivity index (χ0v) is 22.7. The second-order valence-electron chi connectivity index (χ2n) is 8.62. The van der Waals surface area contributed by atoms with E-state index >= 15 is 0 Å². The SMILES string of the molecule is CCOP(=O)(CS[C@@H](C)C(O)O[Si](c1ccccc1)(c1ccccc1)C(C)(C)C)OCC. The molecule has 178 valence electrons. The molecule has 0 spiro atoms. The van der Waals surface area contributed by atoms with Crippen molar-refractivity contribution in [3.8, 4) is 0 Å². The average Bonchev–Trinajstić information content (AvgIpc) is 2.76. The fourth-order valence-electron chi connectivity index (χ4n) is 3.76. The summed E-state index contributed by atoms with van der Waals surface area (Å²) in [5.41, 5.74) is 0.164. The number of rotatable bonds is 12. The second kappa shape index (κ2) is 12.0. The molecule has 32 heavy (non-hydrogen) atoms. The summed E-state index contributed by atoms with van der Waals surface area (Å²) in [6.07, 6.45) is -1.05. The molecule has 0 aliphatic carbocycles. The van der Waals surface area contributed by atoms with E-state index in [0.29, 0.717) is 13.2 Å². The lowest BCUT2D eigenvalue weighted by atomic mass is 10.2. The van der Waals surface area contributed by atoms with E-state index < -0.39 is 22.2 Å². The molecule has 2 aromatic carbocycles. The van der Waals surface area contributed by atoms with E-state index in [1.54, 1.807) is 13.8 Å². The maximum atomic E-state index is 12.8. The van der Waals surface area contributed by atoms with Crippen molar-refractivity contribution in [3.63, 3.8) is 0 Å². The lowest BCUT2D eigenvalue weighted by molar-refractivity contribution is -0.0224. The van der Waals surface area contributed by atoms with Crippen LogP contribution in [0.2, 0.25) is 5.04 Å². The summed E-state index contributed by atoms with van der Waals surface area (Å²) in [4.78, 5) is 0. The smallest absolute Gasteiger partial charge is 0.340 e. The molecule has 1 unspecified atom stereocenters. The van der Waals surface area contributed by atoms with Gasteiger partial charge in [0.1, 0.15) is 0 Å². The molecule has 0 amide bonds. The van der Waals surface area contributed by atoms with Gasteiger partial charge in [0.15, 0.2) is 6.29 Å². The molecule has 0 saturated carbocycles. The maximum absolute atomic E-state index is 12.8. The second-order valence-corrected chi connectivity index (χ2v) is 16.7. The number of aliphatic hydroxyl groups excluding tert-OH is 1. The highest BCUT2D eigenvalue weighted by Gasteiger charge is 2.52. The Morgan fingerprint density at radius 3 is 1.75 bits per heavy atom. The predicted octanol–water partition coefficient (Wildman–Crippen LogP) is 5.23. The minimum absolute atomic E-state index is 0.164. The zero-order chi connectivity index (χ0) is 23.8. The number of hydrogen-bond donors (Lipinski definition) is 1. The van der Waals surface area contributed by atoms with Crippen LogP contribution in [0.25, 0.3) is 0 Å². The van der Waals surface area contributed by atoms with Gasteiger partial charge in [0.2, 0.25) is 0 Å². The van der Waals surface area contributed by atoms with Crippen molar-refractivity contribution in [2.24, 2.45) is 0 Å². The van der Waals surface area contributed by atoms with Crippen LogP contribution in [0.3, 0.4) is 0 Å². The summed E-state index contributed by atoms with van der Waals surface area (Å²) in [5, 5.41) is 12.8. The molecule has 0 aromatic heterocycles. The Labute approximate surface area is 198 Å². The highest BCUT2D eigenvalue weighted by molar-refractivity contribution is 8.05. The molecule has 0 radical (unpaired) electrons. The molecule has 0 aliphatic rings. The van der Waals surface area contributed by atoms with Crippen LogP contribution in [0, 0.1) is 0 Å². The molecule has 2 rings (SSSR count). The Kier molecular flexibility index (Phi) is 10.2. The molecule has 2 aromatic rings. The summed E-state index contributed by atoms with van der Waals surface area (Å²) < 4.78 is 30.4. The standard InChI is InChI=1S/C24H37O5PSSi/c1-7-27-30(26,28-8-2)19-31-20(3)23(25)29-32(24(4,5)6,21-15-11-9-12-16-21)22-17-13-10-14-18-22/h9-18,20,23,25H,7-8,19H2,1-6H3/t20-,23?/m0/s1. The maximum Gasteiger partial charge on any atom is 0.340 e. The van der Waals surface area contributed by atoms with E-state index in [1.165, 1.54) is 11.8 Å². The molecular formula is C24H37O5PSSi. The Hall–Kier alpha value is -0.923. The largest absolute Gasteiger partial charge is 0.382 e. The molecular weight excluding hydrogens is 459 g/mol. The van der Waals surface area contributed by atoms with E-state index in [1.807, 2.05) is 43.3 Å². The first-order chi connectivity index (χ1) is 15.1. The van der Waals surface area contributed by atoms with Crippen LogP contribution in [-0.4, -0.2) is 43.7 Å². The summed E-state index contributed by atoms with van der Waals surface area (Å²) in [5.74, 6) is 0. The minimum Gasteiger partial charge on any atom is -0.382 e. The van der Waals surface area contributed by atoms with Gasteiger partial charge < -0.3 is 18.6 Å². The lowest BCUT2D eigenvalue weighted by Crippen LogP contribution is -2.68. The zero-order valence-electron chi connectivity index (χ0n) is 20.0. The fourth-order valence-corrected chi connectivity index (χ4v) is 11.8. The third kappa shape index (κ3) is 6.57. The summed E-state index contributed by atoms with van der Waals surface area (Å²) in [7, 11) is -6.08. The van der Waals surface area contributed by atoms with Crippen LogP contribution >= 0.6 is 19.4 Å². The van der Waals surface area contributed by atoms with Crippen molar-refractivity contribution < 1.29 is 23.1 Å². The van der Waals surface area contributed by atoms with Gasteiger partial charge in [0, 0.05) is 0 Å². The van der Waals surface area contributed by atoms with Gasteiger partial charge in [0.25, 0.3) is 8.32 Å². The Bertz CT molecular complexity index is 810. The first-order valence-electron chi connectivity index (χ1n) is 11.1. The van der Waals surface area contributed by atoms with Crippen molar-refractivity contribution in [3.05, 3.63) is 60.7 Å². The van der Waals surface area contributed by atoms with Gasteiger partial charge in [-0.3, -0.25) is 4.57 Å². The van der Waals surface area contributed by atoms with Crippen molar-refractivity contribution in [1.29, 1.82) is 0 Å².